The molecule has 0 spiro atoms. The van der Waals surface area contributed by atoms with Crippen LogP contribution in [0.3, 0.4) is 0 Å². The molecule has 0 bridgehead atoms. The van der Waals surface area contributed by atoms with Crippen molar-refractivity contribution in [3.8, 4) is 0 Å². The van der Waals surface area contributed by atoms with Gasteiger partial charge in [0.15, 0.2) is 0 Å². The third-order valence-corrected chi connectivity index (χ3v) is 19.1. The number of halogens is 2. The Labute approximate surface area is 257 Å². The van der Waals surface area contributed by atoms with Gasteiger partial charge in [-0.3, -0.25) is 0 Å². The van der Waals surface area contributed by atoms with Crippen LogP contribution < -0.4 is 24.8 Å². The van der Waals surface area contributed by atoms with Crippen molar-refractivity contribution in [3.63, 3.8) is 0 Å². The molecule has 0 saturated heterocycles. The van der Waals surface area contributed by atoms with E-state index >= 15 is 0 Å². The van der Waals surface area contributed by atoms with E-state index in [0.717, 1.165) is 0 Å². The summed E-state index contributed by atoms with van der Waals surface area (Å²) in [6, 6.07) is 0. The Bertz CT molecular complexity index is 361. The molecule has 0 N–H and O–H groups in total. The molecule has 234 valence electrons. The summed E-state index contributed by atoms with van der Waals surface area (Å²) < 4.78 is 0. The molecule has 38 heavy (non-hydrogen) atoms. The summed E-state index contributed by atoms with van der Waals surface area (Å²) in [7, 11) is -1.31. The van der Waals surface area contributed by atoms with E-state index in [1.807, 2.05) is 0 Å². The van der Waals surface area contributed by atoms with Crippen LogP contribution in [0.1, 0.15) is 170 Å². The second-order valence-electron chi connectivity index (χ2n) is 12.4. The molecule has 0 amide bonds. The van der Waals surface area contributed by atoms with E-state index < -0.39 is 14.5 Å². The molecule has 0 aliphatic rings. The van der Waals surface area contributed by atoms with E-state index in [1.165, 1.54) is 116 Å². The van der Waals surface area contributed by atoms with E-state index in [-0.39, 0.29) is 24.8 Å². The van der Waals surface area contributed by atoms with E-state index in [9.17, 15) is 0 Å². The third-order valence-electron chi connectivity index (χ3n) is 8.93. The van der Waals surface area contributed by atoms with Crippen LogP contribution in [-0.2, 0) is 0 Å². The molecule has 0 aromatic carbocycles. The molecule has 0 rings (SSSR count). The predicted molar refractivity (Wildman–Crippen MR) is 179 cm³/mol. The van der Waals surface area contributed by atoms with Gasteiger partial charge in [0.25, 0.3) is 0 Å². The van der Waals surface area contributed by atoms with Gasteiger partial charge in [-0.05, 0) is 64.2 Å². The van der Waals surface area contributed by atoms with Gasteiger partial charge < -0.3 is 24.8 Å². The zero-order chi connectivity index (χ0) is 26.8. The highest BCUT2D eigenvalue weighted by Crippen LogP contribution is 2.62. The maximum atomic E-state index is 2.40. The maximum Gasteiger partial charge on any atom is 0.0594 e. The van der Waals surface area contributed by atoms with Crippen LogP contribution in [0.25, 0.3) is 0 Å². The first-order chi connectivity index (χ1) is 17.6. The largest absolute Gasteiger partial charge is 1.00 e. The second kappa shape index (κ2) is 31.4. The summed E-state index contributed by atoms with van der Waals surface area (Å²) >= 11 is 0. The van der Waals surface area contributed by atoms with Crippen molar-refractivity contribution in [2.45, 2.75) is 170 Å². The van der Waals surface area contributed by atoms with Crippen LogP contribution in [0, 0.1) is 0 Å². The van der Waals surface area contributed by atoms with Gasteiger partial charge in [-0.2, -0.15) is 0 Å². The highest BCUT2D eigenvalue weighted by Gasteiger charge is 2.35. The van der Waals surface area contributed by atoms with Crippen molar-refractivity contribution in [3.05, 3.63) is 0 Å². The first-order valence-corrected chi connectivity index (χ1v) is 22.3. The van der Waals surface area contributed by atoms with Crippen molar-refractivity contribution in [2.75, 3.05) is 49.3 Å². The minimum absolute atomic E-state index is 0. The fourth-order valence-electron chi connectivity index (χ4n) is 6.26. The third kappa shape index (κ3) is 23.1. The van der Waals surface area contributed by atoms with Gasteiger partial charge >= 0.3 is 0 Å². The maximum absolute atomic E-state index is 2.40. The Hall–Kier alpha value is 1.44. The van der Waals surface area contributed by atoms with E-state index in [1.54, 1.807) is 62.1 Å². The summed E-state index contributed by atoms with van der Waals surface area (Å²) in [5.41, 5.74) is 0. The first kappa shape index (κ1) is 43.9. The van der Waals surface area contributed by atoms with Crippen LogP contribution in [0.2, 0.25) is 0 Å². The molecule has 0 saturated carbocycles. The number of unbranched alkanes of at least 4 members (excludes halogenated alkanes) is 13. The van der Waals surface area contributed by atoms with Crippen LogP contribution in [-0.4, -0.2) is 49.3 Å². The van der Waals surface area contributed by atoms with Crippen LogP contribution in [0.4, 0.5) is 0 Å². The Morgan fingerprint density at radius 2 is 0.395 bits per heavy atom. The first-order valence-electron chi connectivity index (χ1n) is 17.3. The molecule has 0 heterocycles. The predicted octanol–water partition coefficient (Wildman–Crippen LogP) is 6.95. The average Bonchev–Trinajstić information content (AvgIpc) is 2.90. The van der Waals surface area contributed by atoms with Crippen molar-refractivity contribution < 1.29 is 24.8 Å². The molecular weight excluding hydrogens is 541 g/mol. The number of hydrogen-bond donors (Lipinski definition) is 0. The Morgan fingerprint density at radius 1 is 0.237 bits per heavy atom. The molecule has 0 aliphatic heterocycles. The van der Waals surface area contributed by atoms with E-state index in [2.05, 4.69) is 41.5 Å². The summed E-state index contributed by atoms with van der Waals surface area (Å²) in [6.07, 6.45) is 42.5. The molecule has 0 aliphatic carbocycles. The van der Waals surface area contributed by atoms with Gasteiger partial charge in [-0.25, -0.2) is 0 Å². The summed E-state index contributed by atoms with van der Waals surface area (Å²) in [6.45, 7) is 14.4. The highest BCUT2D eigenvalue weighted by molar-refractivity contribution is 7.76. The van der Waals surface area contributed by atoms with Crippen molar-refractivity contribution >= 4 is 14.5 Å². The minimum Gasteiger partial charge on any atom is -1.00 e. The Morgan fingerprint density at radius 3 is 0.579 bits per heavy atom. The fourth-order valence-corrected chi connectivity index (χ4v) is 16.7. The van der Waals surface area contributed by atoms with Crippen molar-refractivity contribution in [1.29, 1.82) is 0 Å². The van der Waals surface area contributed by atoms with Crippen molar-refractivity contribution in [2.24, 2.45) is 0 Å². The molecule has 0 aromatic heterocycles. The Kier molecular flexibility index (Phi) is 36.2. The molecule has 0 fully saturated rings. The smallest absolute Gasteiger partial charge is 0.0594 e. The highest BCUT2D eigenvalue weighted by atomic mass is 35.5. The van der Waals surface area contributed by atoms with Gasteiger partial charge in [-0.15, -0.1) is 0 Å². The summed E-state index contributed by atoms with van der Waals surface area (Å²) in [5, 5.41) is 0. The second-order valence-corrected chi connectivity index (χ2v) is 21.4. The summed E-state index contributed by atoms with van der Waals surface area (Å²) in [5.74, 6) is 0. The quantitative estimate of drug-likeness (QED) is 0.0631. The monoisotopic (exact) mass is 614 g/mol. The van der Waals surface area contributed by atoms with Gasteiger partial charge in [0, 0.05) is 14.5 Å². The molecule has 0 nitrogen and oxygen atoms in total. The lowest BCUT2D eigenvalue weighted by Crippen LogP contribution is -3.00. The lowest BCUT2D eigenvalue weighted by Gasteiger charge is -2.28. The normalized spacial score (nSPS) is 11.8. The standard InChI is InChI=1S/C34H74P2.2ClH/c1-7-13-27-35(28-14-8-2,29-15-9-3)33-25-23-21-19-20-22-24-26-34-36(30-16-10-4,31-17-11-5)32-18-12-6;;/h7-34H2,1-6H3;2*1H/q+2;;/p-2. The van der Waals surface area contributed by atoms with Gasteiger partial charge in [-0.1, -0.05) is 106 Å². The van der Waals surface area contributed by atoms with Gasteiger partial charge in [0.05, 0.1) is 49.3 Å². The minimum atomic E-state index is -0.654. The molecular formula is C34H74Cl2P2. The fraction of sp³-hybridized carbons (Fsp3) is 1.00. The Balaban J connectivity index is -0.00000612. The van der Waals surface area contributed by atoms with Crippen molar-refractivity contribution in [1.82, 2.24) is 0 Å². The van der Waals surface area contributed by atoms with Crippen LogP contribution in [0.15, 0.2) is 0 Å². The van der Waals surface area contributed by atoms with Crippen LogP contribution >= 0.6 is 14.5 Å². The average molecular weight is 616 g/mol. The zero-order valence-corrected chi connectivity index (χ0v) is 30.8. The molecule has 4 heteroatoms. The van der Waals surface area contributed by atoms with Gasteiger partial charge in [0.1, 0.15) is 0 Å². The molecule has 0 atom stereocenters. The molecule has 0 unspecified atom stereocenters. The lowest BCUT2D eigenvalue weighted by molar-refractivity contribution is -0.001000. The summed E-state index contributed by atoms with van der Waals surface area (Å²) in [4.78, 5) is 0. The lowest BCUT2D eigenvalue weighted by atomic mass is 10.1. The van der Waals surface area contributed by atoms with Crippen LogP contribution in [0.5, 0.6) is 0 Å². The molecule has 0 aromatic rings. The molecule has 0 radical (unpaired) electrons. The van der Waals surface area contributed by atoms with Gasteiger partial charge in [0.2, 0.25) is 0 Å². The zero-order valence-electron chi connectivity index (χ0n) is 27.4. The SMILES string of the molecule is CCCC[P+](CCCC)(CCCC)CCCCCCCCCC[P+](CCCC)(CCCC)CCCC.[Cl-].[Cl-]. The number of hydrogen-bond acceptors (Lipinski definition) is 0. The number of rotatable bonds is 29. The van der Waals surface area contributed by atoms with E-state index in [0.29, 0.717) is 0 Å². The van der Waals surface area contributed by atoms with E-state index in [4.69, 9.17) is 0 Å². The topological polar surface area (TPSA) is 0 Å².